The lowest BCUT2D eigenvalue weighted by atomic mass is 9.77. The smallest absolute Gasteiger partial charge is 0.408 e. The Bertz CT molecular complexity index is 231. The van der Waals surface area contributed by atoms with Crippen molar-refractivity contribution in [2.75, 3.05) is 6.61 Å². The third kappa shape index (κ3) is 3.68. The molecule has 3 N–H and O–H groups in total. The van der Waals surface area contributed by atoms with Crippen LogP contribution in [0.4, 0.5) is 4.79 Å². The number of ether oxygens (including phenoxy) is 1. The highest BCUT2D eigenvalue weighted by Crippen LogP contribution is 2.32. The van der Waals surface area contributed by atoms with E-state index in [1.54, 1.807) is 0 Å². The van der Waals surface area contributed by atoms with Crippen molar-refractivity contribution in [3.05, 3.63) is 0 Å². The van der Waals surface area contributed by atoms with E-state index in [2.05, 4.69) is 10.2 Å². The highest BCUT2D eigenvalue weighted by molar-refractivity contribution is 5.69. The zero-order valence-electron chi connectivity index (χ0n) is 9.63. The number of amides is 1. The average Bonchev–Trinajstić information content (AvgIpc) is 1.96. The van der Waals surface area contributed by atoms with E-state index < -0.39 is 11.7 Å². The summed E-state index contributed by atoms with van der Waals surface area (Å²) in [5.41, 5.74) is -0.782. The van der Waals surface area contributed by atoms with E-state index >= 15 is 0 Å². The minimum absolute atomic E-state index is 0.308. The molecule has 0 aromatic rings. The van der Waals surface area contributed by atoms with Crippen molar-refractivity contribution in [2.45, 2.75) is 51.2 Å². The van der Waals surface area contributed by atoms with Crippen molar-refractivity contribution >= 4 is 6.09 Å². The van der Waals surface area contributed by atoms with E-state index in [1.165, 1.54) is 0 Å². The molecule has 0 heterocycles. The lowest BCUT2D eigenvalue weighted by Gasteiger charge is -2.41. The van der Waals surface area contributed by atoms with Crippen LogP contribution in [0.5, 0.6) is 0 Å². The number of carbonyl (C=O) groups excluding carboxylic acids is 1. The van der Waals surface area contributed by atoms with Crippen molar-refractivity contribution in [3.8, 4) is 0 Å². The van der Waals surface area contributed by atoms with E-state index in [0.29, 0.717) is 6.61 Å². The zero-order valence-corrected chi connectivity index (χ0v) is 9.63. The quantitative estimate of drug-likeness (QED) is 0.698. The van der Waals surface area contributed by atoms with Gasteiger partial charge in [0.1, 0.15) is 5.60 Å². The van der Waals surface area contributed by atoms with Crippen molar-refractivity contribution in [1.82, 2.24) is 5.32 Å². The summed E-state index contributed by atoms with van der Waals surface area (Å²) in [6, 6.07) is 0. The van der Waals surface area contributed by atoms with Crippen LogP contribution in [-0.4, -0.2) is 23.8 Å². The number of rotatable bonds is 3. The standard InChI is InChI=1S/C10H20N2O3/c1-9(2,3)15-8(13)12-10(7-14-11)5-4-6-10/h4-7,11H2,1-3H3,(H,12,13). The lowest BCUT2D eigenvalue weighted by Crippen LogP contribution is -2.57. The van der Waals surface area contributed by atoms with Crippen molar-refractivity contribution < 1.29 is 14.4 Å². The zero-order chi connectivity index (χ0) is 11.5. The Morgan fingerprint density at radius 2 is 2.07 bits per heavy atom. The number of hydrogen-bond acceptors (Lipinski definition) is 4. The van der Waals surface area contributed by atoms with Gasteiger partial charge in [0.25, 0.3) is 0 Å². The maximum atomic E-state index is 11.5. The van der Waals surface area contributed by atoms with Crippen molar-refractivity contribution in [2.24, 2.45) is 5.90 Å². The molecule has 1 aliphatic rings. The maximum absolute atomic E-state index is 11.5. The molecule has 0 aromatic carbocycles. The van der Waals surface area contributed by atoms with Gasteiger partial charge in [0.15, 0.2) is 0 Å². The normalized spacial score (nSPS) is 19.2. The van der Waals surface area contributed by atoms with Gasteiger partial charge in [-0.05, 0) is 40.0 Å². The van der Waals surface area contributed by atoms with Gasteiger partial charge < -0.3 is 14.9 Å². The summed E-state index contributed by atoms with van der Waals surface area (Å²) in [6.45, 7) is 5.84. The largest absolute Gasteiger partial charge is 0.444 e. The summed E-state index contributed by atoms with van der Waals surface area (Å²) in [5, 5.41) is 2.82. The third-order valence-corrected chi connectivity index (χ3v) is 2.44. The van der Waals surface area contributed by atoms with Gasteiger partial charge in [-0.25, -0.2) is 10.7 Å². The molecule has 1 rings (SSSR count). The molecule has 0 aromatic heterocycles. The monoisotopic (exact) mass is 216 g/mol. The fourth-order valence-electron chi connectivity index (χ4n) is 1.59. The fraction of sp³-hybridized carbons (Fsp3) is 0.900. The predicted octanol–water partition coefficient (Wildman–Crippen LogP) is 1.32. The number of alkyl carbamates (subject to hydrolysis) is 1. The molecular formula is C10H20N2O3. The van der Waals surface area contributed by atoms with E-state index in [4.69, 9.17) is 10.6 Å². The molecular weight excluding hydrogens is 196 g/mol. The van der Waals surface area contributed by atoms with Crippen LogP contribution >= 0.6 is 0 Å². The number of nitrogens with one attached hydrogen (secondary N) is 1. The number of nitrogens with two attached hydrogens (primary N) is 1. The first-order valence-corrected chi connectivity index (χ1v) is 5.20. The van der Waals surface area contributed by atoms with Crippen molar-refractivity contribution in [3.63, 3.8) is 0 Å². The molecule has 15 heavy (non-hydrogen) atoms. The summed E-state index contributed by atoms with van der Waals surface area (Å²) in [6.07, 6.45) is 2.46. The molecule has 5 nitrogen and oxygen atoms in total. The molecule has 0 radical (unpaired) electrons. The summed E-state index contributed by atoms with van der Waals surface area (Å²) in [4.78, 5) is 16.1. The molecule has 5 heteroatoms. The second-order valence-electron chi connectivity index (χ2n) is 5.07. The Morgan fingerprint density at radius 3 is 2.40 bits per heavy atom. The Balaban J connectivity index is 2.42. The molecule has 88 valence electrons. The van der Waals surface area contributed by atoms with Crippen LogP contribution in [-0.2, 0) is 9.57 Å². The average molecular weight is 216 g/mol. The Labute approximate surface area is 90.3 Å². The molecule has 0 saturated heterocycles. The molecule has 0 spiro atoms. The summed E-state index contributed by atoms with van der Waals surface area (Å²) in [5.74, 6) is 5.03. The SMILES string of the molecule is CC(C)(C)OC(=O)NC1(CON)CCC1. The van der Waals surface area contributed by atoms with Gasteiger partial charge >= 0.3 is 6.09 Å². The highest BCUT2D eigenvalue weighted by atomic mass is 16.6. The summed E-state index contributed by atoms with van der Waals surface area (Å²) < 4.78 is 5.17. The van der Waals surface area contributed by atoms with E-state index in [-0.39, 0.29) is 5.54 Å². The summed E-state index contributed by atoms with van der Waals surface area (Å²) >= 11 is 0. The molecule has 1 amide bonds. The molecule has 0 atom stereocenters. The topological polar surface area (TPSA) is 73.6 Å². The van der Waals surface area contributed by atoms with Gasteiger partial charge in [-0.2, -0.15) is 0 Å². The van der Waals surface area contributed by atoms with E-state index in [0.717, 1.165) is 19.3 Å². The number of hydrogen-bond donors (Lipinski definition) is 2. The van der Waals surface area contributed by atoms with Gasteiger partial charge in [-0.15, -0.1) is 0 Å². The minimum atomic E-state index is -0.474. The lowest BCUT2D eigenvalue weighted by molar-refractivity contribution is 0.00609. The predicted molar refractivity (Wildman–Crippen MR) is 56.1 cm³/mol. The van der Waals surface area contributed by atoms with Gasteiger partial charge in [0.2, 0.25) is 0 Å². The first-order chi connectivity index (χ1) is 6.87. The molecule has 0 unspecified atom stereocenters. The van der Waals surface area contributed by atoms with E-state index in [1.807, 2.05) is 20.8 Å². The Hall–Kier alpha value is -0.810. The second kappa shape index (κ2) is 4.37. The number of carbonyl (C=O) groups is 1. The third-order valence-electron chi connectivity index (χ3n) is 2.44. The van der Waals surface area contributed by atoms with Crippen LogP contribution in [0.3, 0.4) is 0 Å². The van der Waals surface area contributed by atoms with Crippen LogP contribution in [0.25, 0.3) is 0 Å². The maximum Gasteiger partial charge on any atom is 0.408 e. The summed E-state index contributed by atoms with van der Waals surface area (Å²) in [7, 11) is 0. The minimum Gasteiger partial charge on any atom is -0.444 e. The second-order valence-corrected chi connectivity index (χ2v) is 5.07. The van der Waals surface area contributed by atoms with E-state index in [9.17, 15) is 4.79 Å². The Kier molecular flexibility index (Phi) is 3.57. The Morgan fingerprint density at radius 1 is 1.47 bits per heavy atom. The highest BCUT2D eigenvalue weighted by Gasteiger charge is 2.39. The van der Waals surface area contributed by atoms with Gasteiger partial charge in [-0.1, -0.05) is 0 Å². The molecule has 0 aliphatic heterocycles. The molecule has 1 aliphatic carbocycles. The van der Waals surface area contributed by atoms with Crippen LogP contribution in [0.2, 0.25) is 0 Å². The first-order valence-electron chi connectivity index (χ1n) is 5.20. The van der Waals surface area contributed by atoms with Crippen LogP contribution in [0.1, 0.15) is 40.0 Å². The van der Waals surface area contributed by atoms with Crippen LogP contribution in [0, 0.1) is 0 Å². The van der Waals surface area contributed by atoms with Crippen LogP contribution < -0.4 is 11.2 Å². The first kappa shape index (κ1) is 12.3. The molecule has 0 bridgehead atoms. The molecule has 1 fully saturated rings. The molecule has 1 saturated carbocycles. The fourth-order valence-corrected chi connectivity index (χ4v) is 1.59. The van der Waals surface area contributed by atoms with Crippen molar-refractivity contribution in [1.29, 1.82) is 0 Å². The van der Waals surface area contributed by atoms with Gasteiger partial charge in [-0.3, -0.25) is 0 Å². The van der Waals surface area contributed by atoms with Gasteiger partial charge in [0, 0.05) is 0 Å². The van der Waals surface area contributed by atoms with Crippen LogP contribution in [0.15, 0.2) is 0 Å². The van der Waals surface area contributed by atoms with Gasteiger partial charge in [0.05, 0.1) is 12.1 Å².